The van der Waals surface area contributed by atoms with Crippen molar-refractivity contribution in [3.8, 4) is 11.8 Å². The number of methoxy groups -OCH3 is 1. The minimum Gasteiger partial charge on any atom is -0.497 e. The lowest BCUT2D eigenvalue weighted by Crippen LogP contribution is -2.52. The first-order valence-corrected chi connectivity index (χ1v) is 10.6. The molecule has 1 aromatic rings. The third kappa shape index (κ3) is 6.74. The maximum Gasteiger partial charge on any atom is 0.235 e. The van der Waals surface area contributed by atoms with Crippen molar-refractivity contribution in [3.63, 3.8) is 0 Å². The normalized spacial score (nSPS) is 17.0. The van der Waals surface area contributed by atoms with Gasteiger partial charge in [-0.05, 0) is 43.4 Å². The number of nitrogens with zero attached hydrogens (tertiary/aromatic N) is 3. The van der Waals surface area contributed by atoms with Gasteiger partial charge in [0.15, 0.2) is 0 Å². The Morgan fingerprint density at radius 2 is 1.90 bits per heavy atom. The molecule has 1 unspecified atom stereocenters. The Morgan fingerprint density at radius 3 is 2.50 bits per heavy atom. The lowest BCUT2D eigenvalue weighted by Gasteiger charge is -2.29. The van der Waals surface area contributed by atoms with Crippen molar-refractivity contribution in [1.29, 1.82) is 5.26 Å². The van der Waals surface area contributed by atoms with Gasteiger partial charge in [-0.3, -0.25) is 14.5 Å². The smallest absolute Gasteiger partial charge is 0.235 e. The number of amides is 2. The van der Waals surface area contributed by atoms with Crippen LogP contribution >= 0.6 is 0 Å². The Kier molecular flexibility index (Phi) is 8.67. The van der Waals surface area contributed by atoms with Crippen molar-refractivity contribution in [3.05, 3.63) is 29.8 Å². The Labute approximate surface area is 180 Å². The second kappa shape index (κ2) is 11.0. The zero-order valence-corrected chi connectivity index (χ0v) is 18.6. The second-order valence-corrected chi connectivity index (χ2v) is 8.38. The van der Waals surface area contributed by atoms with Crippen LogP contribution in [0, 0.1) is 17.2 Å². The molecule has 7 heteroatoms. The maximum atomic E-state index is 12.6. The van der Waals surface area contributed by atoms with Crippen molar-refractivity contribution < 1.29 is 14.3 Å². The van der Waals surface area contributed by atoms with Crippen LogP contribution in [0.2, 0.25) is 0 Å². The second-order valence-electron chi connectivity index (χ2n) is 8.38. The maximum absolute atomic E-state index is 12.6. The number of ether oxygens (including phenoxy) is 1. The molecule has 0 aliphatic carbocycles. The first-order chi connectivity index (χ1) is 14.3. The summed E-state index contributed by atoms with van der Waals surface area (Å²) in [6, 6.07) is 9.99. The van der Waals surface area contributed by atoms with Crippen LogP contribution in [0.1, 0.15) is 39.2 Å². The van der Waals surface area contributed by atoms with E-state index in [0.717, 1.165) is 24.3 Å². The van der Waals surface area contributed by atoms with Gasteiger partial charge in [0.1, 0.15) is 11.3 Å². The number of aryl methyl sites for hydroxylation is 1. The molecule has 7 nitrogen and oxygen atoms in total. The van der Waals surface area contributed by atoms with Crippen LogP contribution in [0.25, 0.3) is 0 Å². The molecule has 0 radical (unpaired) electrons. The van der Waals surface area contributed by atoms with E-state index in [1.165, 1.54) is 0 Å². The molecule has 0 bridgehead atoms. The number of hydrogen-bond donors (Lipinski definition) is 1. The number of nitrogens with one attached hydrogen (secondary N) is 1. The van der Waals surface area contributed by atoms with E-state index in [-0.39, 0.29) is 24.3 Å². The Morgan fingerprint density at radius 1 is 1.20 bits per heavy atom. The van der Waals surface area contributed by atoms with Gasteiger partial charge in [0.2, 0.25) is 11.8 Å². The van der Waals surface area contributed by atoms with E-state index >= 15 is 0 Å². The van der Waals surface area contributed by atoms with Crippen LogP contribution in [0.4, 0.5) is 0 Å². The summed E-state index contributed by atoms with van der Waals surface area (Å²) >= 11 is 0. The van der Waals surface area contributed by atoms with Crippen molar-refractivity contribution >= 4 is 11.8 Å². The third-order valence-corrected chi connectivity index (χ3v) is 5.88. The highest BCUT2D eigenvalue weighted by molar-refractivity contribution is 5.79. The number of carbonyl (C=O) groups excluding carboxylic acids is 2. The summed E-state index contributed by atoms with van der Waals surface area (Å²) in [6.45, 7) is 8.60. The molecule has 1 aliphatic heterocycles. The quantitative estimate of drug-likeness (QED) is 0.705. The molecule has 0 spiro atoms. The molecule has 0 saturated carbocycles. The van der Waals surface area contributed by atoms with Gasteiger partial charge in [-0.1, -0.05) is 26.0 Å². The highest BCUT2D eigenvalue weighted by Gasteiger charge is 2.30. The molecule has 1 aromatic carbocycles. The van der Waals surface area contributed by atoms with Crippen LogP contribution in [0.3, 0.4) is 0 Å². The van der Waals surface area contributed by atoms with E-state index < -0.39 is 5.54 Å². The highest BCUT2D eigenvalue weighted by atomic mass is 16.5. The molecular weight excluding hydrogens is 380 g/mol. The summed E-state index contributed by atoms with van der Waals surface area (Å²) in [6.07, 6.45) is 2.01. The molecule has 1 heterocycles. The molecule has 2 rings (SSSR count). The molecule has 164 valence electrons. The van der Waals surface area contributed by atoms with Crippen LogP contribution in [0.15, 0.2) is 24.3 Å². The van der Waals surface area contributed by atoms with Crippen molar-refractivity contribution in [1.82, 2.24) is 15.1 Å². The van der Waals surface area contributed by atoms with Crippen LogP contribution < -0.4 is 10.1 Å². The van der Waals surface area contributed by atoms with E-state index in [2.05, 4.69) is 16.3 Å². The van der Waals surface area contributed by atoms with Gasteiger partial charge in [0.05, 0.1) is 19.7 Å². The predicted octanol–water partition coefficient (Wildman–Crippen LogP) is 2.22. The molecule has 1 saturated heterocycles. The standard InChI is InChI=1S/C23H34N4O3/c1-18(2)23(3,17-24)25-21(28)16-26-12-5-13-27(15-14-26)22(29)11-8-19-6-9-20(30-4)10-7-19/h6-7,9-10,18H,5,8,11-16H2,1-4H3,(H,25,28). The Balaban J connectivity index is 1.80. The summed E-state index contributed by atoms with van der Waals surface area (Å²) in [5.41, 5.74) is 0.245. The Bertz CT molecular complexity index is 757. The number of carbonyl (C=O) groups is 2. The molecule has 1 atom stereocenters. The average molecular weight is 415 g/mol. The van der Waals surface area contributed by atoms with Crippen LogP contribution in [-0.2, 0) is 16.0 Å². The molecule has 1 fully saturated rings. The predicted molar refractivity (Wildman–Crippen MR) is 116 cm³/mol. The van der Waals surface area contributed by atoms with E-state index in [4.69, 9.17) is 4.74 Å². The van der Waals surface area contributed by atoms with Gasteiger partial charge in [-0.15, -0.1) is 0 Å². The zero-order chi connectivity index (χ0) is 22.1. The summed E-state index contributed by atoms with van der Waals surface area (Å²) in [7, 11) is 1.64. The van der Waals surface area contributed by atoms with Crippen LogP contribution in [0.5, 0.6) is 5.75 Å². The topological polar surface area (TPSA) is 85.7 Å². The summed E-state index contributed by atoms with van der Waals surface area (Å²) in [5, 5.41) is 12.2. The molecule has 1 N–H and O–H groups in total. The van der Waals surface area contributed by atoms with Gasteiger partial charge < -0.3 is 15.0 Å². The summed E-state index contributed by atoms with van der Waals surface area (Å²) in [5.74, 6) is 0.834. The fraction of sp³-hybridized carbons (Fsp3) is 0.609. The van der Waals surface area contributed by atoms with E-state index in [1.807, 2.05) is 43.0 Å². The van der Waals surface area contributed by atoms with Gasteiger partial charge in [-0.2, -0.15) is 5.26 Å². The van der Waals surface area contributed by atoms with E-state index in [1.54, 1.807) is 14.0 Å². The minimum absolute atomic E-state index is 0.0226. The number of benzene rings is 1. The van der Waals surface area contributed by atoms with E-state index in [0.29, 0.717) is 32.5 Å². The molecule has 0 aromatic heterocycles. The van der Waals surface area contributed by atoms with Gasteiger partial charge in [0, 0.05) is 32.6 Å². The van der Waals surface area contributed by atoms with Gasteiger partial charge >= 0.3 is 0 Å². The average Bonchev–Trinajstić information content (AvgIpc) is 2.97. The molecule has 1 aliphatic rings. The SMILES string of the molecule is COc1ccc(CCC(=O)N2CCCN(CC(=O)NC(C)(C#N)C(C)C)CC2)cc1. The summed E-state index contributed by atoms with van der Waals surface area (Å²) < 4.78 is 5.16. The fourth-order valence-corrected chi connectivity index (χ4v) is 3.41. The number of nitriles is 1. The Hall–Kier alpha value is -2.59. The molecule has 30 heavy (non-hydrogen) atoms. The highest BCUT2D eigenvalue weighted by Crippen LogP contribution is 2.16. The number of rotatable bonds is 8. The van der Waals surface area contributed by atoms with Gasteiger partial charge in [-0.25, -0.2) is 0 Å². The minimum atomic E-state index is -0.869. The van der Waals surface area contributed by atoms with Crippen molar-refractivity contribution in [2.75, 3.05) is 39.8 Å². The lowest BCUT2D eigenvalue weighted by atomic mass is 9.90. The number of hydrogen-bond acceptors (Lipinski definition) is 5. The largest absolute Gasteiger partial charge is 0.497 e. The van der Waals surface area contributed by atoms with Crippen molar-refractivity contribution in [2.45, 2.75) is 45.6 Å². The first kappa shape index (κ1) is 23.7. The molecular formula is C23H34N4O3. The zero-order valence-electron chi connectivity index (χ0n) is 18.6. The van der Waals surface area contributed by atoms with E-state index in [9.17, 15) is 14.9 Å². The fourth-order valence-electron chi connectivity index (χ4n) is 3.41. The van der Waals surface area contributed by atoms with Crippen LogP contribution in [-0.4, -0.2) is 67.0 Å². The van der Waals surface area contributed by atoms with Crippen molar-refractivity contribution in [2.24, 2.45) is 5.92 Å². The van der Waals surface area contributed by atoms with Gasteiger partial charge in [0.25, 0.3) is 0 Å². The monoisotopic (exact) mass is 414 g/mol. The lowest BCUT2D eigenvalue weighted by molar-refractivity contribution is -0.131. The molecule has 2 amide bonds. The first-order valence-electron chi connectivity index (χ1n) is 10.6. The third-order valence-electron chi connectivity index (χ3n) is 5.88. The summed E-state index contributed by atoms with van der Waals surface area (Å²) in [4.78, 5) is 29.0.